The fourth-order valence-corrected chi connectivity index (χ4v) is 6.86. The van der Waals surface area contributed by atoms with E-state index in [4.69, 9.17) is 19.1 Å². The van der Waals surface area contributed by atoms with Gasteiger partial charge < -0.3 is 24.6 Å². The largest absolute Gasteiger partial charge is 0.472 e. The van der Waals surface area contributed by atoms with Crippen molar-refractivity contribution in [2.75, 3.05) is 26.4 Å². The molecule has 0 saturated heterocycles. The average Bonchev–Trinajstić information content (AvgIpc) is 3.19. The zero-order valence-corrected chi connectivity index (χ0v) is 36.5. The van der Waals surface area contributed by atoms with Gasteiger partial charge in [-0.2, -0.15) is 0 Å². The van der Waals surface area contributed by atoms with Gasteiger partial charge in [0.05, 0.1) is 19.8 Å². The zero-order valence-electron chi connectivity index (χ0n) is 35.6. The van der Waals surface area contributed by atoms with E-state index in [1.54, 1.807) is 0 Å². The van der Waals surface area contributed by atoms with Gasteiger partial charge >= 0.3 is 19.8 Å². The van der Waals surface area contributed by atoms with Crippen LogP contribution in [-0.2, 0) is 32.7 Å². The summed E-state index contributed by atoms with van der Waals surface area (Å²) in [5, 5.41) is 18.3. The zero-order chi connectivity index (χ0) is 41.2. The first-order valence-electron chi connectivity index (χ1n) is 22.4. The third-order valence-corrected chi connectivity index (χ3v) is 10.5. The first-order valence-corrected chi connectivity index (χ1v) is 23.9. The third-order valence-electron chi connectivity index (χ3n) is 9.55. The molecule has 0 aromatic heterocycles. The number of aliphatic hydroxyl groups excluding tert-OH is 2. The van der Waals surface area contributed by atoms with Gasteiger partial charge in [-0.3, -0.25) is 18.6 Å². The molecule has 0 rings (SSSR count). The fourth-order valence-electron chi connectivity index (χ4n) is 6.07. The van der Waals surface area contributed by atoms with Gasteiger partial charge in [0.2, 0.25) is 0 Å². The smallest absolute Gasteiger partial charge is 0.462 e. The summed E-state index contributed by atoms with van der Waals surface area (Å²) in [5.74, 6) is -0.979. The number of aliphatic hydroxyl groups is 2. The minimum Gasteiger partial charge on any atom is -0.462 e. The van der Waals surface area contributed by atoms with Crippen molar-refractivity contribution >= 4 is 19.8 Å². The molecule has 0 heterocycles. The summed E-state index contributed by atoms with van der Waals surface area (Å²) in [5.41, 5.74) is 0. The Morgan fingerprint density at radius 3 is 1.45 bits per heavy atom. The highest BCUT2D eigenvalue weighted by atomic mass is 31.2. The van der Waals surface area contributed by atoms with Crippen LogP contribution in [0.15, 0.2) is 36.5 Å². The van der Waals surface area contributed by atoms with E-state index in [0.717, 1.165) is 38.5 Å². The van der Waals surface area contributed by atoms with Crippen LogP contribution in [0.2, 0.25) is 0 Å². The maximum absolute atomic E-state index is 12.6. The molecule has 3 N–H and O–H groups in total. The predicted molar refractivity (Wildman–Crippen MR) is 228 cm³/mol. The lowest BCUT2D eigenvalue weighted by Gasteiger charge is -2.20. The van der Waals surface area contributed by atoms with Gasteiger partial charge in [0.25, 0.3) is 0 Å². The quantitative estimate of drug-likeness (QED) is 0.0235. The highest BCUT2D eigenvalue weighted by Gasteiger charge is 2.27. The van der Waals surface area contributed by atoms with Crippen molar-refractivity contribution in [2.24, 2.45) is 0 Å². The lowest BCUT2D eigenvalue weighted by molar-refractivity contribution is -0.161. The Bertz CT molecular complexity index is 1030. The normalized spacial score (nSPS) is 14.2. The SMILES string of the molecule is CCCCCCCC/C=C/C/C=C/C/C=C/CCCC(=O)O[C@H](COC(=O)CCCCCCCCCCCCCCCCCC)COP(=O)(O)OC[C@@H](O)CO. The molecule has 0 aliphatic rings. The van der Waals surface area contributed by atoms with E-state index in [-0.39, 0.29) is 19.4 Å². The number of allylic oxidation sites excluding steroid dienone is 6. The Labute approximate surface area is 341 Å². The van der Waals surface area contributed by atoms with Crippen molar-refractivity contribution in [1.29, 1.82) is 0 Å². The fraction of sp³-hybridized carbons (Fsp3) is 0.822. The summed E-state index contributed by atoms with van der Waals surface area (Å²) in [6, 6.07) is 0. The average molecular weight is 815 g/mol. The molecule has 0 spiro atoms. The number of rotatable bonds is 42. The van der Waals surface area contributed by atoms with Crippen molar-refractivity contribution in [3.8, 4) is 0 Å². The molecule has 56 heavy (non-hydrogen) atoms. The standard InChI is InChI=1S/C45H83O10P/c1-3-5-7-9-11-13-15-17-19-21-23-25-27-29-31-33-35-37-45(49)55-43(41-54-56(50,51)53-39-42(47)38-46)40-52-44(48)36-34-32-30-28-26-24-22-20-18-16-14-12-10-8-6-4-2/h17,19,23,25,29,31,42-43,46-47H,3-16,18,20-22,24,26-28,30,32-41H2,1-2H3,(H,50,51)/b19-17+,25-23+,31-29+/t42-,43+/m0/s1. The number of phosphoric acid groups is 1. The Morgan fingerprint density at radius 1 is 0.536 bits per heavy atom. The predicted octanol–water partition coefficient (Wildman–Crippen LogP) is 11.9. The van der Waals surface area contributed by atoms with Crippen molar-refractivity contribution < 1.29 is 47.8 Å². The first-order chi connectivity index (χ1) is 27.2. The second kappa shape index (κ2) is 41.4. The molecule has 1 unspecified atom stereocenters. The van der Waals surface area contributed by atoms with E-state index in [0.29, 0.717) is 19.3 Å². The maximum Gasteiger partial charge on any atom is 0.472 e. The van der Waals surface area contributed by atoms with Crippen LogP contribution in [0, 0.1) is 0 Å². The molecule has 0 aliphatic heterocycles. The molecule has 3 atom stereocenters. The lowest BCUT2D eigenvalue weighted by atomic mass is 10.0. The number of carbonyl (C=O) groups is 2. The van der Waals surface area contributed by atoms with E-state index in [1.165, 1.54) is 116 Å². The molecule has 11 heteroatoms. The van der Waals surface area contributed by atoms with Gasteiger partial charge in [-0.1, -0.05) is 179 Å². The first kappa shape index (κ1) is 54.2. The Hall–Kier alpha value is -1.81. The molecule has 10 nitrogen and oxygen atoms in total. The van der Waals surface area contributed by atoms with Crippen molar-refractivity contribution in [2.45, 2.75) is 212 Å². The maximum atomic E-state index is 12.6. The highest BCUT2D eigenvalue weighted by molar-refractivity contribution is 7.47. The molecule has 0 fully saturated rings. The van der Waals surface area contributed by atoms with E-state index in [9.17, 15) is 24.2 Å². The summed E-state index contributed by atoms with van der Waals surface area (Å²) in [6.45, 7) is 2.33. The van der Waals surface area contributed by atoms with E-state index in [2.05, 4.69) is 48.8 Å². The number of esters is 2. The van der Waals surface area contributed by atoms with Crippen molar-refractivity contribution in [1.82, 2.24) is 0 Å². The van der Waals surface area contributed by atoms with E-state index in [1.807, 2.05) is 6.08 Å². The summed E-state index contributed by atoms with van der Waals surface area (Å²) < 4.78 is 32.7. The molecular weight excluding hydrogens is 731 g/mol. The van der Waals surface area contributed by atoms with Crippen LogP contribution in [0.25, 0.3) is 0 Å². The monoisotopic (exact) mass is 815 g/mol. The molecule has 0 aliphatic carbocycles. The van der Waals surface area contributed by atoms with Gasteiger partial charge in [0.15, 0.2) is 6.10 Å². The molecule has 0 radical (unpaired) electrons. The van der Waals surface area contributed by atoms with Crippen molar-refractivity contribution in [3.63, 3.8) is 0 Å². The summed E-state index contributed by atoms with van der Waals surface area (Å²) in [4.78, 5) is 35.0. The Kier molecular flexibility index (Phi) is 40.0. The Balaban J connectivity index is 4.35. The summed E-state index contributed by atoms with van der Waals surface area (Å²) >= 11 is 0. The Morgan fingerprint density at radius 2 is 0.946 bits per heavy atom. The number of hydrogen-bond donors (Lipinski definition) is 3. The minimum absolute atomic E-state index is 0.114. The molecule has 0 aromatic carbocycles. The van der Waals surface area contributed by atoms with Crippen LogP contribution in [0.1, 0.15) is 200 Å². The molecule has 0 saturated carbocycles. The van der Waals surface area contributed by atoms with Crippen LogP contribution in [0.4, 0.5) is 0 Å². The molecular formula is C45H83O10P. The number of hydrogen-bond acceptors (Lipinski definition) is 9. The van der Waals surface area contributed by atoms with Gasteiger partial charge in [0.1, 0.15) is 12.7 Å². The molecule has 328 valence electrons. The molecule has 0 amide bonds. The van der Waals surface area contributed by atoms with Gasteiger partial charge in [-0.05, 0) is 44.9 Å². The van der Waals surface area contributed by atoms with E-state index >= 15 is 0 Å². The molecule has 0 bridgehead atoms. The second-order valence-electron chi connectivity index (χ2n) is 15.1. The van der Waals surface area contributed by atoms with Crippen LogP contribution < -0.4 is 0 Å². The van der Waals surface area contributed by atoms with Crippen molar-refractivity contribution in [3.05, 3.63) is 36.5 Å². The summed E-state index contributed by atoms with van der Waals surface area (Å²) in [6.07, 6.45) is 42.6. The van der Waals surface area contributed by atoms with Crippen LogP contribution in [-0.4, -0.2) is 65.7 Å². The van der Waals surface area contributed by atoms with Gasteiger partial charge in [-0.15, -0.1) is 0 Å². The number of carbonyl (C=O) groups excluding carboxylic acids is 2. The summed E-state index contributed by atoms with van der Waals surface area (Å²) in [7, 11) is -4.63. The number of unbranched alkanes of at least 4 members (excludes halogenated alkanes) is 22. The second-order valence-corrected chi connectivity index (χ2v) is 16.5. The number of ether oxygens (including phenoxy) is 2. The lowest BCUT2D eigenvalue weighted by Crippen LogP contribution is -2.29. The third kappa shape index (κ3) is 40.4. The van der Waals surface area contributed by atoms with Crippen LogP contribution in [0.3, 0.4) is 0 Å². The van der Waals surface area contributed by atoms with Crippen LogP contribution in [0.5, 0.6) is 0 Å². The minimum atomic E-state index is -4.63. The van der Waals surface area contributed by atoms with E-state index < -0.39 is 51.8 Å². The molecule has 0 aromatic rings. The van der Waals surface area contributed by atoms with Gasteiger partial charge in [0, 0.05) is 12.8 Å². The topological polar surface area (TPSA) is 149 Å². The highest BCUT2D eigenvalue weighted by Crippen LogP contribution is 2.43. The van der Waals surface area contributed by atoms with Gasteiger partial charge in [-0.25, -0.2) is 4.57 Å². The van der Waals surface area contributed by atoms with Crippen LogP contribution >= 0.6 is 7.82 Å². The number of phosphoric ester groups is 1.